The molecule has 0 radical (unpaired) electrons. The van der Waals surface area contributed by atoms with E-state index in [9.17, 15) is 13.2 Å². The van der Waals surface area contributed by atoms with Crippen LogP contribution in [0.2, 0.25) is 0 Å². The maximum atomic E-state index is 12.1. The molecule has 0 spiro atoms. The van der Waals surface area contributed by atoms with E-state index in [1.54, 1.807) is 7.11 Å². The number of hydrogen-bond acceptors (Lipinski definition) is 4. The number of amides is 2. The topological polar surface area (TPSA) is 84.5 Å². The van der Waals surface area contributed by atoms with Crippen LogP contribution >= 0.6 is 0 Å². The first kappa shape index (κ1) is 17.6. The maximum absolute atomic E-state index is 12.1. The van der Waals surface area contributed by atoms with E-state index in [4.69, 9.17) is 4.74 Å². The Bertz CT molecular complexity index is 645. The van der Waals surface area contributed by atoms with Crippen LogP contribution in [0.25, 0.3) is 0 Å². The van der Waals surface area contributed by atoms with Gasteiger partial charge < -0.3 is 15.4 Å². The molecule has 1 aromatic rings. The molecule has 23 heavy (non-hydrogen) atoms. The highest BCUT2D eigenvalue weighted by molar-refractivity contribution is 7.91. The lowest BCUT2D eigenvalue weighted by molar-refractivity contribution is 0.235. The monoisotopic (exact) mass is 340 g/mol. The molecular formula is C16H24N2O4S. The fourth-order valence-electron chi connectivity index (χ4n) is 2.83. The van der Waals surface area contributed by atoms with Crippen LogP contribution in [-0.2, 0) is 9.84 Å². The van der Waals surface area contributed by atoms with E-state index < -0.39 is 9.84 Å². The van der Waals surface area contributed by atoms with Crippen molar-refractivity contribution in [2.75, 3.05) is 25.2 Å². The molecule has 6 nitrogen and oxygen atoms in total. The van der Waals surface area contributed by atoms with Gasteiger partial charge in [-0.2, -0.15) is 0 Å². The zero-order valence-corrected chi connectivity index (χ0v) is 14.4. The number of hydrogen-bond donors (Lipinski definition) is 2. The van der Waals surface area contributed by atoms with Crippen molar-refractivity contribution >= 4 is 15.9 Å². The number of carbonyl (C=O) groups excluding carboxylic acids is 1. The zero-order chi connectivity index (χ0) is 16.9. The molecule has 1 aromatic carbocycles. The summed E-state index contributed by atoms with van der Waals surface area (Å²) < 4.78 is 28.2. The van der Waals surface area contributed by atoms with Gasteiger partial charge in [-0.15, -0.1) is 0 Å². The van der Waals surface area contributed by atoms with Gasteiger partial charge in [-0.1, -0.05) is 25.1 Å². The Balaban J connectivity index is 1.90. The summed E-state index contributed by atoms with van der Waals surface area (Å²) in [6, 6.07) is 7.14. The van der Waals surface area contributed by atoms with Crippen LogP contribution < -0.4 is 15.4 Å². The van der Waals surface area contributed by atoms with Gasteiger partial charge in [0.15, 0.2) is 9.84 Å². The van der Waals surface area contributed by atoms with Gasteiger partial charge in [-0.25, -0.2) is 13.2 Å². The van der Waals surface area contributed by atoms with Gasteiger partial charge in [-0.05, 0) is 24.8 Å². The minimum Gasteiger partial charge on any atom is -0.496 e. The number of nitrogens with one attached hydrogen (secondary N) is 2. The van der Waals surface area contributed by atoms with E-state index in [-0.39, 0.29) is 29.5 Å². The molecule has 7 heteroatoms. The lowest BCUT2D eigenvalue weighted by atomic mass is 10.0. The van der Waals surface area contributed by atoms with Crippen LogP contribution in [0.5, 0.6) is 5.75 Å². The third kappa shape index (κ3) is 4.86. The van der Waals surface area contributed by atoms with E-state index in [1.165, 1.54) is 0 Å². The summed E-state index contributed by atoms with van der Waals surface area (Å²) in [4.78, 5) is 12.1. The van der Waals surface area contributed by atoms with Crippen molar-refractivity contribution in [2.24, 2.45) is 5.92 Å². The van der Waals surface area contributed by atoms with E-state index in [0.29, 0.717) is 13.0 Å². The molecule has 0 aromatic heterocycles. The Morgan fingerprint density at radius 3 is 2.74 bits per heavy atom. The van der Waals surface area contributed by atoms with Gasteiger partial charge in [0.05, 0.1) is 24.7 Å². The highest BCUT2D eigenvalue weighted by Crippen LogP contribution is 2.26. The van der Waals surface area contributed by atoms with Gasteiger partial charge in [0.25, 0.3) is 0 Å². The number of carbonyl (C=O) groups is 1. The van der Waals surface area contributed by atoms with Crippen molar-refractivity contribution in [3.05, 3.63) is 29.8 Å². The molecule has 1 aliphatic heterocycles. The lowest BCUT2D eigenvalue weighted by Gasteiger charge is -2.20. The minimum absolute atomic E-state index is 0.0112. The second kappa shape index (κ2) is 7.68. The summed E-state index contributed by atoms with van der Waals surface area (Å²) in [5.41, 5.74) is 0.927. The SMILES string of the molecule is CC[C@@H](NC(=O)NC[C@H]1CCS(=O)(=O)C1)c1ccccc1OC. The van der Waals surface area contributed by atoms with Crippen molar-refractivity contribution < 1.29 is 17.9 Å². The second-order valence-corrected chi connectivity index (χ2v) is 8.05. The first-order valence-electron chi connectivity index (χ1n) is 7.83. The number of methoxy groups -OCH3 is 1. The molecule has 1 heterocycles. The van der Waals surface area contributed by atoms with Crippen molar-refractivity contribution in [2.45, 2.75) is 25.8 Å². The van der Waals surface area contributed by atoms with E-state index in [0.717, 1.165) is 17.7 Å². The van der Waals surface area contributed by atoms with Crippen LogP contribution in [0.4, 0.5) is 4.79 Å². The molecule has 128 valence electrons. The average molecular weight is 340 g/mol. The molecular weight excluding hydrogens is 316 g/mol. The molecule has 2 N–H and O–H groups in total. The van der Waals surface area contributed by atoms with Crippen LogP contribution in [0.3, 0.4) is 0 Å². The van der Waals surface area contributed by atoms with Crippen molar-refractivity contribution in [1.82, 2.24) is 10.6 Å². The Hall–Kier alpha value is -1.76. The molecule has 0 aliphatic carbocycles. The van der Waals surface area contributed by atoms with E-state index >= 15 is 0 Å². The first-order valence-corrected chi connectivity index (χ1v) is 9.65. The summed E-state index contributed by atoms with van der Waals surface area (Å²) in [6.07, 6.45) is 1.35. The van der Waals surface area contributed by atoms with Gasteiger partial charge in [-0.3, -0.25) is 0 Å². The van der Waals surface area contributed by atoms with Crippen molar-refractivity contribution in [1.29, 1.82) is 0 Å². The molecule has 0 unspecified atom stereocenters. The smallest absolute Gasteiger partial charge is 0.315 e. The number of para-hydroxylation sites is 1. The van der Waals surface area contributed by atoms with Crippen molar-refractivity contribution in [3.63, 3.8) is 0 Å². The van der Waals surface area contributed by atoms with E-state index in [2.05, 4.69) is 10.6 Å². The number of ether oxygens (including phenoxy) is 1. The van der Waals surface area contributed by atoms with Gasteiger partial charge in [0, 0.05) is 12.1 Å². The van der Waals surface area contributed by atoms with Gasteiger partial charge in [0.1, 0.15) is 5.75 Å². The third-order valence-electron chi connectivity index (χ3n) is 4.11. The predicted molar refractivity (Wildman–Crippen MR) is 89.3 cm³/mol. The summed E-state index contributed by atoms with van der Waals surface area (Å²) in [5.74, 6) is 1.13. The number of urea groups is 1. The van der Waals surface area contributed by atoms with Crippen LogP contribution in [-0.4, -0.2) is 39.6 Å². The Morgan fingerprint density at radius 1 is 1.39 bits per heavy atom. The third-order valence-corrected chi connectivity index (χ3v) is 5.94. The molecule has 2 rings (SSSR count). The number of benzene rings is 1. The summed E-state index contributed by atoms with van der Waals surface area (Å²) in [5, 5.41) is 5.70. The summed E-state index contributed by atoms with van der Waals surface area (Å²) in [6.45, 7) is 2.37. The summed E-state index contributed by atoms with van der Waals surface area (Å²) in [7, 11) is -1.31. The van der Waals surface area contributed by atoms with Crippen molar-refractivity contribution in [3.8, 4) is 5.75 Å². The summed E-state index contributed by atoms with van der Waals surface area (Å²) >= 11 is 0. The largest absolute Gasteiger partial charge is 0.496 e. The Labute approximate surface area is 137 Å². The van der Waals surface area contributed by atoms with Crippen LogP contribution in [0.15, 0.2) is 24.3 Å². The predicted octanol–water partition coefficient (Wildman–Crippen LogP) is 1.88. The highest BCUT2D eigenvalue weighted by atomic mass is 32.2. The van der Waals surface area contributed by atoms with Crippen LogP contribution in [0.1, 0.15) is 31.4 Å². The normalized spacial score (nSPS) is 20.7. The molecule has 0 saturated carbocycles. The fourth-order valence-corrected chi connectivity index (χ4v) is 4.70. The molecule has 1 saturated heterocycles. The maximum Gasteiger partial charge on any atom is 0.315 e. The average Bonchev–Trinajstić information content (AvgIpc) is 2.89. The fraction of sp³-hybridized carbons (Fsp3) is 0.562. The molecule has 2 amide bonds. The highest BCUT2D eigenvalue weighted by Gasteiger charge is 2.28. The van der Waals surface area contributed by atoms with Crippen LogP contribution in [0, 0.1) is 5.92 Å². The number of rotatable bonds is 6. The Kier molecular flexibility index (Phi) is 5.87. The van der Waals surface area contributed by atoms with Gasteiger partial charge >= 0.3 is 6.03 Å². The second-order valence-electron chi connectivity index (χ2n) is 5.83. The quantitative estimate of drug-likeness (QED) is 0.828. The molecule has 0 bridgehead atoms. The van der Waals surface area contributed by atoms with Gasteiger partial charge in [0.2, 0.25) is 0 Å². The first-order chi connectivity index (χ1) is 10.9. The molecule has 1 fully saturated rings. The molecule has 1 aliphatic rings. The lowest BCUT2D eigenvalue weighted by Crippen LogP contribution is -2.40. The number of sulfone groups is 1. The zero-order valence-electron chi connectivity index (χ0n) is 13.5. The molecule has 2 atom stereocenters. The Morgan fingerprint density at radius 2 is 2.13 bits per heavy atom. The minimum atomic E-state index is -2.91. The van der Waals surface area contributed by atoms with E-state index in [1.807, 2.05) is 31.2 Å². The standard InChI is InChI=1S/C16H24N2O4S/c1-3-14(13-6-4-5-7-15(13)22-2)18-16(19)17-10-12-8-9-23(20,21)11-12/h4-7,12,14H,3,8-11H2,1-2H3,(H2,17,18,19)/t12-,14-/m1/s1.